The van der Waals surface area contributed by atoms with Gasteiger partial charge in [0.15, 0.2) is 0 Å². The number of hydrogen-bond acceptors (Lipinski definition) is 2. The zero-order valence-corrected chi connectivity index (χ0v) is 10.6. The molecule has 2 aromatic rings. The number of hydrogen-bond donors (Lipinski definition) is 1. The van der Waals surface area contributed by atoms with Gasteiger partial charge in [0.2, 0.25) is 0 Å². The molecule has 0 saturated heterocycles. The van der Waals surface area contributed by atoms with Gasteiger partial charge in [-0.15, -0.1) is 11.8 Å². The first-order valence-electron chi connectivity index (χ1n) is 6.24. The van der Waals surface area contributed by atoms with Gasteiger partial charge in [-0.3, -0.25) is 0 Å². The summed E-state index contributed by atoms with van der Waals surface area (Å²) < 4.78 is 0. The van der Waals surface area contributed by atoms with Crippen molar-refractivity contribution in [2.24, 2.45) is 5.73 Å². The van der Waals surface area contributed by atoms with E-state index in [9.17, 15) is 0 Å². The summed E-state index contributed by atoms with van der Waals surface area (Å²) in [6.07, 6.45) is 3.73. The first kappa shape index (κ1) is 11.1. The first-order valence-corrected chi connectivity index (χ1v) is 7.12. The highest BCUT2D eigenvalue weighted by Crippen LogP contribution is 2.35. The third-order valence-electron chi connectivity index (χ3n) is 3.51. The monoisotopic (exact) mass is 243 g/mol. The minimum Gasteiger partial charge on any atom is -0.327 e. The Morgan fingerprint density at radius 2 is 1.82 bits per heavy atom. The van der Waals surface area contributed by atoms with Crippen LogP contribution >= 0.6 is 11.8 Å². The molecule has 0 aromatic heterocycles. The van der Waals surface area contributed by atoms with Crippen molar-refractivity contribution in [1.29, 1.82) is 0 Å². The van der Waals surface area contributed by atoms with E-state index < -0.39 is 0 Å². The molecule has 0 amide bonds. The molecular formula is C15H17NS. The van der Waals surface area contributed by atoms with Crippen LogP contribution in [0.5, 0.6) is 0 Å². The number of fused-ring (bicyclic) bond motifs is 1. The Morgan fingerprint density at radius 1 is 1.00 bits per heavy atom. The van der Waals surface area contributed by atoms with E-state index in [1.165, 1.54) is 34.9 Å². The summed E-state index contributed by atoms with van der Waals surface area (Å²) in [5.41, 5.74) is 6.12. The summed E-state index contributed by atoms with van der Waals surface area (Å²) >= 11 is 1.95. The Bertz CT molecular complexity index is 523. The summed E-state index contributed by atoms with van der Waals surface area (Å²) in [5.74, 6) is 0. The number of thioether (sulfide) groups is 1. The van der Waals surface area contributed by atoms with Crippen LogP contribution in [0.25, 0.3) is 10.8 Å². The van der Waals surface area contributed by atoms with Gasteiger partial charge in [0, 0.05) is 16.2 Å². The Labute approximate surface area is 106 Å². The highest BCUT2D eigenvalue weighted by Gasteiger charge is 2.24. The summed E-state index contributed by atoms with van der Waals surface area (Å²) in [5, 5.41) is 3.24. The van der Waals surface area contributed by atoms with Gasteiger partial charge in [0.05, 0.1) is 0 Å². The lowest BCUT2D eigenvalue weighted by Crippen LogP contribution is -2.26. The molecular weight excluding hydrogens is 226 g/mol. The van der Waals surface area contributed by atoms with Gasteiger partial charge < -0.3 is 5.73 Å². The molecule has 17 heavy (non-hydrogen) atoms. The highest BCUT2D eigenvalue weighted by molar-refractivity contribution is 8.00. The molecule has 2 unspecified atom stereocenters. The van der Waals surface area contributed by atoms with Gasteiger partial charge in [-0.05, 0) is 35.7 Å². The van der Waals surface area contributed by atoms with Gasteiger partial charge in [-0.1, -0.05) is 36.8 Å². The van der Waals surface area contributed by atoms with Gasteiger partial charge in [0.25, 0.3) is 0 Å². The van der Waals surface area contributed by atoms with E-state index in [0.717, 1.165) is 0 Å². The largest absolute Gasteiger partial charge is 0.327 e. The van der Waals surface area contributed by atoms with Crippen LogP contribution in [-0.2, 0) is 0 Å². The fraction of sp³-hybridized carbons (Fsp3) is 0.333. The Hall–Kier alpha value is -0.990. The molecule has 1 aliphatic rings. The standard InChI is InChI=1S/C15H17NS/c16-14-6-3-7-15(14)17-13-9-8-11-4-1-2-5-12(11)10-13/h1-2,4-5,8-10,14-15H,3,6-7,16H2. The molecule has 0 spiro atoms. The molecule has 3 rings (SSSR count). The molecule has 0 radical (unpaired) electrons. The zero-order valence-electron chi connectivity index (χ0n) is 9.80. The van der Waals surface area contributed by atoms with E-state index >= 15 is 0 Å². The molecule has 1 fully saturated rings. The van der Waals surface area contributed by atoms with Crippen LogP contribution in [-0.4, -0.2) is 11.3 Å². The molecule has 0 heterocycles. The average Bonchev–Trinajstić information content (AvgIpc) is 2.75. The third-order valence-corrected chi connectivity index (χ3v) is 4.93. The van der Waals surface area contributed by atoms with Gasteiger partial charge in [0.1, 0.15) is 0 Å². The quantitative estimate of drug-likeness (QED) is 0.868. The SMILES string of the molecule is NC1CCCC1Sc1ccc2ccccc2c1. The maximum Gasteiger partial charge on any atom is 0.0246 e. The molecule has 2 heteroatoms. The zero-order chi connectivity index (χ0) is 11.7. The second kappa shape index (κ2) is 4.71. The van der Waals surface area contributed by atoms with Crippen molar-refractivity contribution in [2.75, 3.05) is 0 Å². The molecule has 2 aromatic carbocycles. The third kappa shape index (κ3) is 2.33. The van der Waals surface area contributed by atoms with Crippen molar-refractivity contribution >= 4 is 22.5 Å². The molecule has 0 bridgehead atoms. The summed E-state index contributed by atoms with van der Waals surface area (Å²) in [7, 11) is 0. The first-order chi connectivity index (χ1) is 8.33. The minimum atomic E-state index is 0.381. The minimum absolute atomic E-state index is 0.381. The number of rotatable bonds is 2. The molecule has 0 aliphatic heterocycles. The van der Waals surface area contributed by atoms with E-state index in [1.807, 2.05) is 11.8 Å². The smallest absolute Gasteiger partial charge is 0.0246 e. The Kier molecular flexibility index (Phi) is 3.08. The predicted octanol–water partition coefficient (Wildman–Crippen LogP) is 3.81. The molecule has 2 atom stereocenters. The average molecular weight is 243 g/mol. The topological polar surface area (TPSA) is 26.0 Å². The lowest BCUT2D eigenvalue weighted by Gasteiger charge is -2.14. The summed E-state index contributed by atoms with van der Waals surface area (Å²) in [6, 6.07) is 15.6. The molecule has 1 aliphatic carbocycles. The van der Waals surface area contributed by atoms with E-state index in [1.54, 1.807) is 0 Å². The number of nitrogens with two attached hydrogens (primary N) is 1. The van der Waals surface area contributed by atoms with Crippen molar-refractivity contribution in [3.8, 4) is 0 Å². The van der Waals surface area contributed by atoms with Gasteiger partial charge >= 0.3 is 0 Å². The molecule has 2 N–H and O–H groups in total. The fourth-order valence-electron chi connectivity index (χ4n) is 2.52. The van der Waals surface area contributed by atoms with Crippen molar-refractivity contribution in [3.63, 3.8) is 0 Å². The second-order valence-corrected chi connectivity index (χ2v) is 6.07. The maximum atomic E-state index is 6.12. The van der Waals surface area contributed by atoms with E-state index in [0.29, 0.717) is 11.3 Å². The van der Waals surface area contributed by atoms with E-state index in [4.69, 9.17) is 5.73 Å². The van der Waals surface area contributed by atoms with E-state index in [2.05, 4.69) is 42.5 Å². The number of benzene rings is 2. The molecule has 1 saturated carbocycles. The second-order valence-electron chi connectivity index (χ2n) is 4.76. The van der Waals surface area contributed by atoms with E-state index in [-0.39, 0.29) is 0 Å². The lowest BCUT2D eigenvalue weighted by atomic mass is 10.1. The Balaban J connectivity index is 1.85. The fourth-order valence-corrected chi connectivity index (χ4v) is 3.80. The Morgan fingerprint density at radius 3 is 2.59 bits per heavy atom. The molecule has 1 nitrogen and oxygen atoms in total. The van der Waals surface area contributed by atoms with Crippen molar-refractivity contribution < 1.29 is 0 Å². The van der Waals surface area contributed by atoms with Crippen LogP contribution in [0.3, 0.4) is 0 Å². The predicted molar refractivity (Wildman–Crippen MR) is 75.4 cm³/mol. The summed E-state index contributed by atoms with van der Waals surface area (Å²) in [6.45, 7) is 0. The summed E-state index contributed by atoms with van der Waals surface area (Å²) in [4.78, 5) is 1.35. The van der Waals surface area contributed by atoms with Gasteiger partial charge in [-0.25, -0.2) is 0 Å². The van der Waals surface area contributed by atoms with Gasteiger partial charge in [-0.2, -0.15) is 0 Å². The van der Waals surface area contributed by atoms with Crippen LogP contribution in [0.4, 0.5) is 0 Å². The highest BCUT2D eigenvalue weighted by atomic mass is 32.2. The van der Waals surface area contributed by atoms with Crippen molar-refractivity contribution in [2.45, 2.75) is 35.4 Å². The van der Waals surface area contributed by atoms with Crippen molar-refractivity contribution in [3.05, 3.63) is 42.5 Å². The van der Waals surface area contributed by atoms with Crippen LogP contribution < -0.4 is 5.73 Å². The molecule has 88 valence electrons. The lowest BCUT2D eigenvalue weighted by molar-refractivity contribution is 0.716. The maximum absolute atomic E-state index is 6.12. The van der Waals surface area contributed by atoms with Crippen molar-refractivity contribution in [1.82, 2.24) is 0 Å². The van der Waals surface area contributed by atoms with Crippen LogP contribution in [0.1, 0.15) is 19.3 Å². The van der Waals surface area contributed by atoms with Crippen LogP contribution in [0.15, 0.2) is 47.4 Å². The normalized spacial score (nSPS) is 24.3. The van der Waals surface area contributed by atoms with Crippen LogP contribution in [0, 0.1) is 0 Å². The van der Waals surface area contributed by atoms with Crippen LogP contribution in [0.2, 0.25) is 0 Å².